The molecule has 0 bridgehead atoms. The summed E-state index contributed by atoms with van der Waals surface area (Å²) in [5.74, 6) is 0. The molecule has 0 fully saturated rings. The van der Waals surface area contributed by atoms with Gasteiger partial charge in [-0.05, 0) is 69.2 Å². The highest BCUT2D eigenvalue weighted by Gasteiger charge is 2.23. The van der Waals surface area contributed by atoms with E-state index in [1.807, 2.05) is 0 Å². The van der Waals surface area contributed by atoms with Gasteiger partial charge in [0.2, 0.25) is 0 Å². The average Bonchev–Trinajstić information content (AvgIpc) is 2.37. The van der Waals surface area contributed by atoms with Crippen molar-refractivity contribution in [3.8, 4) is 0 Å². The standard InChI is InChI=1S/C16H25NO/c1-16(2,10-11-18)17(3)15-9-8-13-6-4-5-7-14(13)12-15/h8-9,12,18H,4-7,10-11H2,1-3H3. The number of benzene rings is 1. The van der Waals surface area contributed by atoms with Crippen LogP contribution in [0.4, 0.5) is 5.69 Å². The third-order valence-electron chi connectivity index (χ3n) is 4.35. The van der Waals surface area contributed by atoms with Crippen molar-refractivity contribution in [3.63, 3.8) is 0 Å². The third-order valence-corrected chi connectivity index (χ3v) is 4.35. The Hall–Kier alpha value is -1.02. The number of hydrogen-bond acceptors (Lipinski definition) is 2. The Morgan fingerprint density at radius 3 is 2.50 bits per heavy atom. The molecule has 0 heterocycles. The summed E-state index contributed by atoms with van der Waals surface area (Å²) in [5, 5.41) is 9.16. The van der Waals surface area contributed by atoms with Crippen LogP contribution >= 0.6 is 0 Å². The molecule has 1 aromatic carbocycles. The van der Waals surface area contributed by atoms with E-state index in [0.29, 0.717) is 0 Å². The van der Waals surface area contributed by atoms with Gasteiger partial charge in [-0.25, -0.2) is 0 Å². The van der Waals surface area contributed by atoms with Crippen LogP contribution in [0.1, 0.15) is 44.2 Å². The summed E-state index contributed by atoms with van der Waals surface area (Å²) in [6, 6.07) is 6.85. The van der Waals surface area contributed by atoms with E-state index in [2.05, 4.69) is 44.0 Å². The van der Waals surface area contributed by atoms with Crippen molar-refractivity contribution in [2.24, 2.45) is 0 Å². The first-order chi connectivity index (χ1) is 8.54. The fraction of sp³-hybridized carbons (Fsp3) is 0.625. The second kappa shape index (κ2) is 5.31. The molecule has 1 aromatic rings. The van der Waals surface area contributed by atoms with Crippen molar-refractivity contribution in [1.29, 1.82) is 0 Å². The predicted molar refractivity (Wildman–Crippen MR) is 77.3 cm³/mol. The maximum Gasteiger partial charge on any atom is 0.0453 e. The van der Waals surface area contributed by atoms with Gasteiger partial charge in [0.15, 0.2) is 0 Å². The molecule has 1 N–H and O–H groups in total. The molecule has 18 heavy (non-hydrogen) atoms. The van der Waals surface area contributed by atoms with E-state index < -0.39 is 0 Å². The second-order valence-corrected chi connectivity index (χ2v) is 6.01. The van der Waals surface area contributed by atoms with E-state index in [1.54, 1.807) is 0 Å². The van der Waals surface area contributed by atoms with E-state index in [4.69, 9.17) is 5.11 Å². The summed E-state index contributed by atoms with van der Waals surface area (Å²) in [6.45, 7) is 4.60. The largest absolute Gasteiger partial charge is 0.396 e. The SMILES string of the molecule is CN(c1ccc2c(c1)CCCC2)C(C)(C)CCO. The van der Waals surface area contributed by atoms with Gasteiger partial charge in [-0.1, -0.05) is 6.07 Å². The average molecular weight is 247 g/mol. The monoisotopic (exact) mass is 247 g/mol. The third kappa shape index (κ3) is 2.69. The zero-order chi connectivity index (χ0) is 13.2. The maximum atomic E-state index is 9.16. The molecule has 0 saturated carbocycles. The quantitative estimate of drug-likeness (QED) is 0.883. The van der Waals surface area contributed by atoms with Crippen LogP contribution in [0.3, 0.4) is 0 Å². The second-order valence-electron chi connectivity index (χ2n) is 6.01. The molecular formula is C16H25NO. The zero-order valence-corrected chi connectivity index (χ0v) is 11.9. The summed E-state index contributed by atoms with van der Waals surface area (Å²) >= 11 is 0. The Balaban J connectivity index is 2.23. The van der Waals surface area contributed by atoms with Crippen LogP contribution in [0.25, 0.3) is 0 Å². The van der Waals surface area contributed by atoms with Crippen LogP contribution in [0, 0.1) is 0 Å². The number of anilines is 1. The van der Waals surface area contributed by atoms with E-state index in [1.165, 1.54) is 42.5 Å². The van der Waals surface area contributed by atoms with Crippen molar-refractivity contribution in [2.45, 2.75) is 51.5 Å². The topological polar surface area (TPSA) is 23.5 Å². The molecule has 0 atom stereocenters. The number of aryl methyl sites for hydroxylation is 2. The molecule has 0 radical (unpaired) electrons. The van der Waals surface area contributed by atoms with Crippen molar-refractivity contribution in [1.82, 2.24) is 0 Å². The number of aliphatic hydroxyl groups is 1. The Kier molecular flexibility index (Phi) is 3.96. The van der Waals surface area contributed by atoms with Crippen molar-refractivity contribution in [2.75, 3.05) is 18.6 Å². The highest BCUT2D eigenvalue weighted by atomic mass is 16.3. The minimum Gasteiger partial charge on any atom is -0.396 e. The molecule has 2 rings (SSSR count). The molecular weight excluding hydrogens is 222 g/mol. The Bertz CT molecular complexity index is 412. The molecule has 0 spiro atoms. The fourth-order valence-corrected chi connectivity index (χ4v) is 2.72. The Labute approximate surface area is 111 Å². The summed E-state index contributed by atoms with van der Waals surface area (Å²) in [5.41, 5.74) is 4.32. The number of hydrogen-bond donors (Lipinski definition) is 1. The molecule has 1 aliphatic rings. The lowest BCUT2D eigenvalue weighted by Crippen LogP contribution is -2.42. The first kappa shape index (κ1) is 13.4. The zero-order valence-electron chi connectivity index (χ0n) is 11.9. The first-order valence-electron chi connectivity index (χ1n) is 7.01. The summed E-state index contributed by atoms with van der Waals surface area (Å²) in [4.78, 5) is 2.29. The van der Waals surface area contributed by atoms with E-state index in [0.717, 1.165) is 6.42 Å². The number of nitrogens with zero attached hydrogens (tertiary/aromatic N) is 1. The molecule has 100 valence electrons. The molecule has 0 aliphatic heterocycles. The minimum absolute atomic E-state index is 0.00233. The molecule has 0 saturated heterocycles. The lowest BCUT2D eigenvalue weighted by Gasteiger charge is -2.37. The van der Waals surface area contributed by atoms with Gasteiger partial charge in [-0.15, -0.1) is 0 Å². The van der Waals surface area contributed by atoms with Crippen LogP contribution in [0.5, 0.6) is 0 Å². The summed E-state index contributed by atoms with van der Waals surface area (Å²) in [7, 11) is 2.13. The Morgan fingerprint density at radius 1 is 1.17 bits per heavy atom. The van der Waals surface area contributed by atoms with Gasteiger partial charge >= 0.3 is 0 Å². The number of aliphatic hydroxyl groups excluding tert-OH is 1. The molecule has 2 heteroatoms. The summed E-state index contributed by atoms with van der Waals surface area (Å²) < 4.78 is 0. The van der Waals surface area contributed by atoms with Crippen LogP contribution in [-0.2, 0) is 12.8 Å². The lowest BCUT2D eigenvalue weighted by atomic mass is 9.90. The van der Waals surface area contributed by atoms with E-state index in [9.17, 15) is 0 Å². The number of fused-ring (bicyclic) bond motifs is 1. The summed E-state index contributed by atoms with van der Waals surface area (Å²) in [6.07, 6.45) is 5.90. The van der Waals surface area contributed by atoms with Gasteiger partial charge in [-0.3, -0.25) is 0 Å². The predicted octanol–water partition coefficient (Wildman–Crippen LogP) is 3.16. The molecule has 0 unspecified atom stereocenters. The van der Waals surface area contributed by atoms with Crippen LogP contribution < -0.4 is 4.90 Å². The number of rotatable bonds is 4. The van der Waals surface area contributed by atoms with Crippen molar-refractivity contribution >= 4 is 5.69 Å². The van der Waals surface area contributed by atoms with Gasteiger partial charge in [0, 0.05) is 24.9 Å². The van der Waals surface area contributed by atoms with Crippen molar-refractivity contribution in [3.05, 3.63) is 29.3 Å². The minimum atomic E-state index is -0.00233. The first-order valence-corrected chi connectivity index (χ1v) is 7.01. The maximum absolute atomic E-state index is 9.16. The van der Waals surface area contributed by atoms with E-state index >= 15 is 0 Å². The van der Waals surface area contributed by atoms with Gasteiger partial charge in [0.25, 0.3) is 0 Å². The highest BCUT2D eigenvalue weighted by molar-refractivity contribution is 5.52. The molecule has 1 aliphatic carbocycles. The van der Waals surface area contributed by atoms with Gasteiger partial charge in [0.05, 0.1) is 0 Å². The Morgan fingerprint density at radius 2 is 1.83 bits per heavy atom. The van der Waals surface area contributed by atoms with Gasteiger partial charge in [-0.2, -0.15) is 0 Å². The normalized spacial score (nSPS) is 15.3. The van der Waals surface area contributed by atoms with Crippen molar-refractivity contribution < 1.29 is 5.11 Å². The molecule has 2 nitrogen and oxygen atoms in total. The fourth-order valence-electron chi connectivity index (χ4n) is 2.72. The molecule has 0 amide bonds. The van der Waals surface area contributed by atoms with Crippen LogP contribution in [0.15, 0.2) is 18.2 Å². The van der Waals surface area contributed by atoms with Gasteiger partial charge < -0.3 is 10.0 Å². The smallest absolute Gasteiger partial charge is 0.0453 e. The highest BCUT2D eigenvalue weighted by Crippen LogP contribution is 2.29. The van der Waals surface area contributed by atoms with E-state index in [-0.39, 0.29) is 12.1 Å². The molecule has 0 aromatic heterocycles. The van der Waals surface area contributed by atoms with Crippen LogP contribution in [0.2, 0.25) is 0 Å². The van der Waals surface area contributed by atoms with Gasteiger partial charge in [0.1, 0.15) is 0 Å². The lowest BCUT2D eigenvalue weighted by molar-refractivity contribution is 0.250. The van der Waals surface area contributed by atoms with Crippen LogP contribution in [-0.4, -0.2) is 24.3 Å².